The zero-order valence-electron chi connectivity index (χ0n) is 16.5. The first-order valence-electron chi connectivity index (χ1n) is 9.05. The van der Waals surface area contributed by atoms with Gasteiger partial charge in [-0.05, 0) is 18.6 Å². The molecule has 8 heteroatoms. The first-order chi connectivity index (χ1) is 12.7. The predicted octanol–water partition coefficient (Wildman–Crippen LogP) is 5.69. The van der Waals surface area contributed by atoms with Crippen molar-refractivity contribution < 1.29 is 48.7 Å². The van der Waals surface area contributed by atoms with Crippen molar-refractivity contribution in [3.63, 3.8) is 0 Å². The van der Waals surface area contributed by atoms with Crippen molar-refractivity contribution in [3.05, 3.63) is 47.0 Å². The molecule has 1 heterocycles. The minimum atomic E-state index is -4.61. The number of alkyl halides is 3. The molecule has 1 aromatic carbocycles. The number of rotatable bonds is 5. The SMILES string of the molecule is CC1=NC(N)=CCN=C1c1[c-]cc(C(F)(F)F)cc1F.CCCCCCC.[U]. The van der Waals surface area contributed by atoms with E-state index in [4.69, 9.17) is 5.73 Å². The fourth-order valence-corrected chi connectivity index (χ4v) is 2.39. The summed E-state index contributed by atoms with van der Waals surface area (Å²) in [7, 11) is 0. The van der Waals surface area contributed by atoms with Gasteiger partial charge in [0.1, 0.15) is 5.82 Å². The number of halogens is 4. The van der Waals surface area contributed by atoms with E-state index in [-0.39, 0.29) is 54.8 Å². The van der Waals surface area contributed by atoms with E-state index < -0.39 is 17.6 Å². The van der Waals surface area contributed by atoms with Crippen LogP contribution in [0.25, 0.3) is 0 Å². The quantitative estimate of drug-likeness (QED) is 0.257. The van der Waals surface area contributed by atoms with Crippen molar-refractivity contribution >= 4 is 11.4 Å². The molecule has 154 valence electrons. The first kappa shape index (κ1) is 26.9. The number of hydrogen-bond acceptors (Lipinski definition) is 3. The third kappa shape index (κ3) is 8.92. The van der Waals surface area contributed by atoms with E-state index in [0.29, 0.717) is 17.8 Å². The fourth-order valence-electron chi connectivity index (χ4n) is 2.39. The zero-order valence-corrected chi connectivity index (χ0v) is 20.6. The molecule has 0 aliphatic carbocycles. The van der Waals surface area contributed by atoms with Crippen molar-refractivity contribution in [2.24, 2.45) is 15.7 Å². The Kier molecular flexibility index (Phi) is 12.6. The van der Waals surface area contributed by atoms with Crippen LogP contribution in [0.2, 0.25) is 0 Å². The van der Waals surface area contributed by atoms with Crippen LogP contribution in [0.4, 0.5) is 17.6 Å². The van der Waals surface area contributed by atoms with Crippen LogP contribution < -0.4 is 5.73 Å². The minimum absolute atomic E-state index is 0. The average molecular weight is 622 g/mol. The van der Waals surface area contributed by atoms with Crippen LogP contribution in [0.3, 0.4) is 0 Å². The van der Waals surface area contributed by atoms with E-state index in [1.54, 1.807) is 6.92 Å². The second kappa shape index (κ2) is 13.2. The van der Waals surface area contributed by atoms with Gasteiger partial charge >= 0.3 is 6.18 Å². The molecule has 2 N–H and O–H groups in total. The molecule has 0 saturated heterocycles. The number of nitrogens with zero attached hydrogens (tertiary/aromatic N) is 2. The maximum atomic E-state index is 13.9. The van der Waals surface area contributed by atoms with Crippen LogP contribution in [0, 0.1) is 43.0 Å². The monoisotopic (exact) mass is 622 g/mol. The Morgan fingerprint density at radius 2 is 1.75 bits per heavy atom. The van der Waals surface area contributed by atoms with Gasteiger partial charge in [0.15, 0.2) is 0 Å². The van der Waals surface area contributed by atoms with Gasteiger partial charge < -0.3 is 10.7 Å². The molecule has 0 atom stereocenters. The molecule has 0 amide bonds. The summed E-state index contributed by atoms with van der Waals surface area (Å²) in [6.07, 6.45) is 3.92. The summed E-state index contributed by atoms with van der Waals surface area (Å²) in [6.45, 7) is 6.22. The molecule has 0 radical (unpaired) electrons. The Hall–Kier alpha value is -1.13. The van der Waals surface area contributed by atoms with Gasteiger partial charge in [-0.1, -0.05) is 57.6 Å². The van der Waals surface area contributed by atoms with Crippen LogP contribution in [0.5, 0.6) is 0 Å². The van der Waals surface area contributed by atoms with E-state index in [2.05, 4.69) is 29.9 Å². The van der Waals surface area contributed by atoms with E-state index in [1.165, 1.54) is 38.2 Å². The van der Waals surface area contributed by atoms with E-state index in [1.807, 2.05) is 0 Å². The van der Waals surface area contributed by atoms with Gasteiger partial charge in [0, 0.05) is 48.4 Å². The molecule has 2 rings (SSSR count). The van der Waals surface area contributed by atoms with E-state index in [0.717, 1.165) is 0 Å². The summed E-state index contributed by atoms with van der Waals surface area (Å²) in [5.74, 6) is -0.817. The molecule has 0 saturated carbocycles. The molecule has 0 fully saturated rings. The Morgan fingerprint density at radius 3 is 2.25 bits per heavy atom. The molecule has 0 unspecified atom stereocenters. The van der Waals surface area contributed by atoms with E-state index >= 15 is 0 Å². The Morgan fingerprint density at radius 1 is 1.14 bits per heavy atom. The van der Waals surface area contributed by atoms with Crippen LogP contribution in [-0.4, -0.2) is 18.0 Å². The molecule has 28 heavy (non-hydrogen) atoms. The zero-order chi connectivity index (χ0) is 20.4. The molecular weight excluding hydrogens is 596 g/mol. The van der Waals surface area contributed by atoms with Gasteiger partial charge in [-0.25, -0.2) is 4.99 Å². The standard InChI is InChI=1S/C13H10F4N3.C7H16.U/c1-7-12(19-5-4-11(18)20-7)9-3-2-8(6-10(9)14)13(15,16)17;1-3-5-7-6-4-2;/h2,4,6H,5,18H2,1H3;3-7H2,1-2H3;/q-1;;. The molecular formula is C20H26F4N3U-. The number of unbranched alkanes of at least 4 members (excludes halogenated alkanes) is 4. The Balaban J connectivity index is 0.000000786. The van der Waals surface area contributed by atoms with Crippen molar-refractivity contribution in [2.75, 3.05) is 6.54 Å². The van der Waals surface area contributed by atoms with Gasteiger partial charge in [-0.15, -0.1) is 12.1 Å². The largest absolute Gasteiger partial charge is 0.384 e. The molecule has 0 aromatic heterocycles. The second-order valence-electron chi connectivity index (χ2n) is 6.19. The molecule has 0 spiro atoms. The van der Waals surface area contributed by atoms with Gasteiger partial charge in [0.25, 0.3) is 0 Å². The smallest absolute Gasteiger partial charge is 0.381 e. The molecule has 1 aromatic rings. The van der Waals surface area contributed by atoms with Crippen LogP contribution in [0.1, 0.15) is 64.0 Å². The summed E-state index contributed by atoms with van der Waals surface area (Å²) in [5, 5.41) is 0. The summed E-state index contributed by atoms with van der Waals surface area (Å²) in [6, 6.07) is 3.39. The van der Waals surface area contributed by atoms with Crippen molar-refractivity contribution in [2.45, 2.75) is 59.1 Å². The van der Waals surface area contributed by atoms with Crippen LogP contribution in [0.15, 0.2) is 34.0 Å². The number of benzene rings is 1. The topological polar surface area (TPSA) is 50.7 Å². The fraction of sp³-hybridized carbons (Fsp3) is 0.500. The summed E-state index contributed by atoms with van der Waals surface area (Å²) in [5.41, 5.74) is 4.76. The average Bonchev–Trinajstić information content (AvgIpc) is 2.75. The van der Waals surface area contributed by atoms with Gasteiger partial charge in [-0.2, -0.15) is 13.2 Å². The maximum absolute atomic E-state index is 13.9. The third-order valence-electron chi connectivity index (χ3n) is 3.85. The Bertz CT molecular complexity index is 706. The van der Waals surface area contributed by atoms with Crippen molar-refractivity contribution in [1.29, 1.82) is 0 Å². The van der Waals surface area contributed by atoms with Gasteiger partial charge in [-0.3, -0.25) is 4.39 Å². The minimum Gasteiger partial charge on any atom is -0.384 e. The van der Waals surface area contributed by atoms with Crippen LogP contribution in [-0.2, 0) is 6.18 Å². The second-order valence-corrected chi connectivity index (χ2v) is 6.19. The normalized spacial score (nSPS) is 13.9. The summed E-state index contributed by atoms with van der Waals surface area (Å²) < 4.78 is 51.3. The molecule has 1 aliphatic rings. The first-order valence-corrected chi connectivity index (χ1v) is 9.05. The van der Waals surface area contributed by atoms with Crippen LogP contribution >= 0.6 is 0 Å². The summed E-state index contributed by atoms with van der Waals surface area (Å²) in [4.78, 5) is 8.02. The number of hydrogen-bond donors (Lipinski definition) is 1. The van der Waals surface area contributed by atoms with Crippen molar-refractivity contribution in [3.8, 4) is 0 Å². The van der Waals surface area contributed by atoms with Gasteiger partial charge in [0.2, 0.25) is 0 Å². The van der Waals surface area contributed by atoms with Crippen molar-refractivity contribution in [1.82, 2.24) is 0 Å². The summed E-state index contributed by atoms with van der Waals surface area (Å²) >= 11 is 0. The molecule has 1 aliphatic heterocycles. The molecule has 3 nitrogen and oxygen atoms in total. The number of aliphatic imine (C=N–C) groups is 2. The van der Waals surface area contributed by atoms with Gasteiger partial charge in [0.05, 0.1) is 6.54 Å². The molecule has 0 bridgehead atoms. The van der Waals surface area contributed by atoms with E-state index in [9.17, 15) is 17.6 Å². The number of nitrogens with two attached hydrogens (primary N) is 1. The maximum Gasteiger partial charge on any atom is 0.381 e. The predicted molar refractivity (Wildman–Crippen MR) is 101 cm³/mol. The Labute approximate surface area is 188 Å². The third-order valence-corrected chi connectivity index (χ3v) is 3.85.